The highest BCUT2D eigenvalue weighted by atomic mass is 79.9. The van der Waals surface area contributed by atoms with E-state index in [4.69, 9.17) is 4.74 Å². The van der Waals surface area contributed by atoms with Gasteiger partial charge in [-0.1, -0.05) is 0 Å². The maximum absolute atomic E-state index is 13.5. The first-order chi connectivity index (χ1) is 11.4. The van der Waals surface area contributed by atoms with Gasteiger partial charge in [0.1, 0.15) is 23.4 Å². The van der Waals surface area contributed by atoms with Gasteiger partial charge in [0, 0.05) is 11.6 Å². The van der Waals surface area contributed by atoms with E-state index >= 15 is 0 Å². The molecule has 0 bridgehead atoms. The number of carbonyl (C=O) groups is 1. The normalized spacial score (nSPS) is 11.9. The van der Waals surface area contributed by atoms with Gasteiger partial charge in [-0.2, -0.15) is 0 Å². The summed E-state index contributed by atoms with van der Waals surface area (Å²) in [4.78, 5) is 11.9. The number of ether oxygens (including phenoxy) is 1. The molecular weight excluding hydrogens is 382 g/mol. The molecule has 2 rings (SSSR count). The molecule has 2 aromatic rings. The fourth-order valence-corrected chi connectivity index (χ4v) is 2.74. The number of hydrogen-bond donors (Lipinski definition) is 2. The fourth-order valence-electron chi connectivity index (χ4n) is 2.18. The van der Waals surface area contributed by atoms with Gasteiger partial charge >= 0.3 is 0 Å². The highest BCUT2D eigenvalue weighted by molar-refractivity contribution is 9.10. The number of nitrogens with two attached hydrogens (primary N) is 1. The minimum atomic E-state index is -0.670. The molecule has 2 aromatic carbocycles. The van der Waals surface area contributed by atoms with E-state index in [1.165, 1.54) is 0 Å². The molecular formula is C17H18BrF2N2O2+. The molecule has 4 nitrogen and oxygen atoms in total. The van der Waals surface area contributed by atoms with Gasteiger partial charge in [0.25, 0.3) is 5.91 Å². The van der Waals surface area contributed by atoms with Crippen molar-refractivity contribution >= 4 is 27.5 Å². The summed E-state index contributed by atoms with van der Waals surface area (Å²) < 4.78 is 32.6. The third-order valence-electron chi connectivity index (χ3n) is 3.56. The molecule has 0 aliphatic rings. The lowest BCUT2D eigenvalue weighted by atomic mass is 10.1. The summed E-state index contributed by atoms with van der Waals surface area (Å²) in [6.45, 7) is 2.03. The van der Waals surface area contributed by atoms with Crippen molar-refractivity contribution in [3.05, 3.63) is 58.1 Å². The first-order valence-electron chi connectivity index (χ1n) is 7.32. The minimum absolute atomic E-state index is 0.00955. The Morgan fingerprint density at radius 3 is 2.71 bits per heavy atom. The quantitative estimate of drug-likeness (QED) is 0.784. The number of rotatable bonds is 6. The first kappa shape index (κ1) is 18.4. The van der Waals surface area contributed by atoms with Crippen LogP contribution in [-0.2, 0) is 4.79 Å². The summed E-state index contributed by atoms with van der Waals surface area (Å²) in [5, 5.41) is 4.18. The zero-order valence-corrected chi connectivity index (χ0v) is 14.9. The second-order valence-corrected chi connectivity index (χ2v) is 6.15. The van der Waals surface area contributed by atoms with Crippen molar-refractivity contribution in [2.75, 3.05) is 19.0 Å². The number of anilines is 1. The molecule has 128 valence electrons. The molecule has 0 aromatic heterocycles. The summed E-state index contributed by atoms with van der Waals surface area (Å²) in [6.07, 6.45) is 0. The van der Waals surface area contributed by atoms with Crippen LogP contribution in [0.25, 0.3) is 0 Å². The lowest BCUT2D eigenvalue weighted by Gasteiger charge is -2.13. The predicted molar refractivity (Wildman–Crippen MR) is 90.9 cm³/mol. The van der Waals surface area contributed by atoms with E-state index in [1.54, 1.807) is 12.4 Å². The Morgan fingerprint density at radius 1 is 1.29 bits per heavy atom. The monoisotopic (exact) mass is 399 g/mol. The van der Waals surface area contributed by atoms with Crippen LogP contribution in [0.1, 0.15) is 18.5 Å². The maximum Gasteiger partial charge on any atom is 0.279 e. The largest absolute Gasteiger partial charge is 0.496 e. The van der Waals surface area contributed by atoms with Crippen molar-refractivity contribution < 1.29 is 23.6 Å². The van der Waals surface area contributed by atoms with E-state index < -0.39 is 17.5 Å². The lowest BCUT2D eigenvalue weighted by Crippen LogP contribution is -2.86. The van der Waals surface area contributed by atoms with Crippen molar-refractivity contribution in [1.29, 1.82) is 0 Å². The molecule has 0 saturated carbocycles. The number of nitrogens with one attached hydrogen (secondary N) is 1. The van der Waals surface area contributed by atoms with Crippen LogP contribution < -0.4 is 15.4 Å². The summed E-state index contributed by atoms with van der Waals surface area (Å²) in [5.74, 6) is -0.951. The summed E-state index contributed by atoms with van der Waals surface area (Å²) >= 11 is 3.42. The Kier molecular flexibility index (Phi) is 6.28. The molecule has 0 aliphatic heterocycles. The van der Waals surface area contributed by atoms with Gasteiger partial charge in [0.05, 0.1) is 17.3 Å². The number of carbonyl (C=O) groups excluding carboxylic acids is 1. The topological polar surface area (TPSA) is 54.9 Å². The van der Waals surface area contributed by atoms with Crippen LogP contribution in [0.15, 0.2) is 40.9 Å². The van der Waals surface area contributed by atoms with Gasteiger partial charge in [-0.05, 0) is 53.2 Å². The third kappa shape index (κ3) is 4.75. The first-order valence-corrected chi connectivity index (χ1v) is 8.11. The average molecular weight is 400 g/mol. The van der Waals surface area contributed by atoms with Crippen LogP contribution in [0.3, 0.4) is 0 Å². The molecule has 0 fully saturated rings. The van der Waals surface area contributed by atoms with Crippen molar-refractivity contribution in [3.63, 3.8) is 0 Å². The van der Waals surface area contributed by atoms with Crippen LogP contribution >= 0.6 is 15.9 Å². The number of quaternary nitrogens is 1. The number of benzene rings is 2. The number of amides is 1. The Hall–Kier alpha value is -1.99. The molecule has 3 N–H and O–H groups in total. The number of methoxy groups -OCH3 is 1. The average Bonchev–Trinajstić information content (AvgIpc) is 2.56. The molecule has 0 radical (unpaired) electrons. The standard InChI is InChI=1S/C17H17BrF2N2O2/c1-10(11-3-6-16(24-2)13(18)7-11)21-9-17(23)22-15-8-12(19)4-5-14(15)20/h3-8,10,21H,9H2,1-2H3,(H,22,23)/p+1/t10-/m0/s1. The van der Waals surface area contributed by atoms with E-state index in [0.717, 1.165) is 34.0 Å². The second kappa shape index (κ2) is 8.21. The van der Waals surface area contributed by atoms with Crippen molar-refractivity contribution in [2.24, 2.45) is 0 Å². The van der Waals surface area contributed by atoms with E-state index in [9.17, 15) is 13.6 Å². The molecule has 7 heteroatoms. The molecule has 0 spiro atoms. The van der Waals surface area contributed by atoms with E-state index in [1.807, 2.05) is 25.1 Å². The van der Waals surface area contributed by atoms with Gasteiger partial charge in [-0.25, -0.2) is 8.78 Å². The van der Waals surface area contributed by atoms with Crippen LogP contribution in [0.5, 0.6) is 5.75 Å². The molecule has 1 amide bonds. The summed E-state index contributed by atoms with van der Waals surface area (Å²) in [5.41, 5.74) is 0.848. The molecule has 0 heterocycles. The smallest absolute Gasteiger partial charge is 0.279 e. The Morgan fingerprint density at radius 2 is 2.04 bits per heavy atom. The highest BCUT2D eigenvalue weighted by Gasteiger charge is 2.14. The number of hydrogen-bond acceptors (Lipinski definition) is 2. The lowest BCUT2D eigenvalue weighted by molar-refractivity contribution is -0.682. The Balaban J connectivity index is 1.93. The SMILES string of the molecule is COc1ccc([C@H](C)[NH2+]CC(=O)Nc2cc(F)ccc2F)cc1Br. The summed E-state index contributed by atoms with van der Waals surface area (Å²) in [7, 11) is 1.59. The van der Waals surface area contributed by atoms with Gasteiger partial charge in [-0.15, -0.1) is 0 Å². The third-order valence-corrected chi connectivity index (χ3v) is 4.18. The van der Waals surface area contributed by atoms with Crippen LogP contribution in [0, 0.1) is 11.6 Å². The van der Waals surface area contributed by atoms with Crippen LogP contribution in [-0.4, -0.2) is 19.6 Å². The maximum atomic E-state index is 13.5. The van der Waals surface area contributed by atoms with Crippen molar-refractivity contribution in [3.8, 4) is 5.75 Å². The molecule has 0 unspecified atom stereocenters. The van der Waals surface area contributed by atoms with E-state index in [-0.39, 0.29) is 18.3 Å². The fraction of sp³-hybridized carbons (Fsp3) is 0.235. The summed E-state index contributed by atoms with van der Waals surface area (Å²) in [6, 6.07) is 8.62. The minimum Gasteiger partial charge on any atom is -0.496 e. The zero-order valence-electron chi connectivity index (χ0n) is 13.3. The van der Waals surface area contributed by atoms with Crippen molar-refractivity contribution in [2.45, 2.75) is 13.0 Å². The van der Waals surface area contributed by atoms with Gasteiger partial charge in [0.2, 0.25) is 0 Å². The number of halogens is 3. The molecule has 0 saturated heterocycles. The Bertz CT molecular complexity index is 741. The van der Waals surface area contributed by atoms with E-state index in [2.05, 4.69) is 21.2 Å². The zero-order chi connectivity index (χ0) is 17.7. The molecule has 0 aliphatic carbocycles. The highest BCUT2D eigenvalue weighted by Crippen LogP contribution is 2.27. The van der Waals surface area contributed by atoms with Gasteiger partial charge in [0.15, 0.2) is 6.54 Å². The molecule has 1 atom stereocenters. The predicted octanol–water partition coefficient (Wildman–Crippen LogP) is 3.00. The van der Waals surface area contributed by atoms with Crippen LogP contribution in [0.4, 0.5) is 14.5 Å². The van der Waals surface area contributed by atoms with Crippen molar-refractivity contribution in [1.82, 2.24) is 0 Å². The van der Waals surface area contributed by atoms with Gasteiger partial charge < -0.3 is 15.4 Å². The molecule has 24 heavy (non-hydrogen) atoms. The van der Waals surface area contributed by atoms with Crippen LogP contribution in [0.2, 0.25) is 0 Å². The second-order valence-electron chi connectivity index (χ2n) is 5.29. The Labute approximate surface area is 147 Å². The van der Waals surface area contributed by atoms with Gasteiger partial charge in [-0.3, -0.25) is 4.79 Å². The van der Waals surface area contributed by atoms with E-state index in [0.29, 0.717) is 0 Å².